The van der Waals surface area contributed by atoms with E-state index < -0.39 is 5.54 Å². The van der Waals surface area contributed by atoms with Crippen LogP contribution >= 0.6 is 0 Å². The van der Waals surface area contributed by atoms with Gasteiger partial charge in [-0.15, -0.1) is 0 Å². The Balaban J connectivity index is 2.11. The van der Waals surface area contributed by atoms with Gasteiger partial charge in [-0.1, -0.05) is 0 Å². The normalized spacial score (nSPS) is 25.9. The quantitative estimate of drug-likeness (QED) is 0.756. The minimum atomic E-state index is -0.506. The van der Waals surface area contributed by atoms with Crippen LogP contribution in [0, 0.1) is 5.82 Å². The van der Waals surface area contributed by atoms with Gasteiger partial charge in [-0.3, -0.25) is 0 Å². The van der Waals surface area contributed by atoms with Crippen molar-refractivity contribution < 1.29 is 9.50 Å². The van der Waals surface area contributed by atoms with E-state index in [2.05, 4.69) is 4.90 Å². The molecule has 1 aromatic carbocycles. The minimum absolute atomic E-state index is 0.00923. The van der Waals surface area contributed by atoms with Gasteiger partial charge in [-0.2, -0.15) is 0 Å². The van der Waals surface area contributed by atoms with Crippen molar-refractivity contribution in [2.24, 2.45) is 5.73 Å². The zero-order valence-electron chi connectivity index (χ0n) is 8.49. The highest BCUT2D eigenvalue weighted by atomic mass is 19.1. The molecule has 1 heterocycles. The van der Waals surface area contributed by atoms with E-state index in [0.29, 0.717) is 6.54 Å². The molecule has 1 aliphatic heterocycles. The molecule has 3 nitrogen and oxygen atoms in total. The second-order valence-electron chi connectivity index (χ2n) is 4.17. The largest absolute Gasteiger partial charge is 0.394 e. The zero-order chi connectivity index (χ0) is 10.9. The van der Waals surface area contributed by atoms with Crippen molar-refractivity contribution >= 4 is 5.69 Å². The summed E-state index contributed by atoms with van der Waals surface area (Å²) in [4.78, 5) is 2.07. The van der Waals surface area contributed by atoms with Crippen LogP contribution < -0.4 is 10.6 Å². The van der Waals surface area contributed by atoms with Gasteiger partial charge < -0.3 is 15.7 Å². The number of nitrogens with zero attached hydrogens (tertiary/aromatic N) is 1. The molecule has 1 aromatic rings. The lowest BCUT2D eigenvalue weighted by atomic mass is 10.0. The fraction of sp³-hybridized carbons (Fsp3) is 0.455. The summed E-state index contributed by atoms with van der Waals surface area (Å²) in [5.41, 5.74) is 6.40. The highest BCUT2D eigenvalue weighted by Crippen LogP contribution is 2.24. The van der Waals surface area contributed by atoms with Crippen LogP contribution in [0.4, 0.5) is 10.1 Å². The molecular formula is C11H15FN2O. The third-order valence-corrected chi connectivity index (χ3v) is 2.89. The Morgan fingerprint density at radius 2 is 2.07 bits per heavy atom. The van der Waals surface area contributed by atoms with Crippen LogP contribution in [-0.2, 0) is 0 Å². The Hall–Kier alpha value is -1.13. The maximum absolute atomic E-state index is 12.7. The summed E-state index contributed by atoms with van der Waals surface area (Å²) < 4.78 is 12.7. The second-order valence-corrected chi connectivity index (χ2v) is 4.17. The molecule has 4 heteroatoms. The lowest BCUT2D eigenvalue weighted by Crippen LogP contribution is -2.46. The highest BCUT2D eigenvalue weighted by molar-refractivity contribution is 5.48. The molecule has 0 bridgehead atoms. The van der Waals surface area contributed by atoms with Crippen molar-refractivity contribution in [1.82, 2.24) is 0 Å². The molecule has 1 saturated heterocycles. The zero-order valence-corrected chi connectivity index (χ0v) is 8.49. The van der Waals surface area contributed by atoms with Crippen LogP contribution in [0.1, 0.15) is 6.42 Å². The van der Waals surface area contributed by atoms with E-state index in [0.717, 1.165) is 18.7 Å². The Morgan fingerprint density at radius 1 is 1.40 bits per heavy atom. The Morgan fingerprint density at radius 3 is 2.60 bits per heavy atom. The predicted octanol–water partition coefficient (Wildman–Crippen LogP) is 0.726. The molecule has 82 valence electrons. The molecule has 1 aliphatic rings. The van der Waals surface area contributed by atoms with Gasteiger partial charge in [0, 0.05) is 18.8 Å². The monoisotopic (exact) mass is 210 g/mol. The van der Waals surface area contributed by atoms with E-state index in [1.807, 2.05) is 0 Å². The van der Waals surface area contributed by atoms with Crippen LogP contribution in [0.15, 0.2) is 24.3 Å². The molecule has 2 rings (SSSR count). The van der Waals surface area contributed by atoms with Gasteiger partial charge in [-0.05, 0) is 30.7 Å². The molecule has 1 atom stereocenters. The molecule has 1 unspecified atom stereocenters. The first kappa shape index (κ1) is 10.4. The smallest absolute Gasteiger partial charge is 0.123 e. The van der Waals surface area contributed by atoms with Crippen molar-refractivity contribution in [1.29, 1.82) is 0 Å². The molecule has 0 spiro atoms. The number of nitrogens with two attached hydrogens (primary N) is 1. The number of aliphatic hydroxyl groups is 1. The number of aliphatic hydroxyl groups excluding tert-OH is 1. The highest BCUT2D eigenvalue weighted by Gasteiger charge is 2.33. The van der Waals surface area contributed by atoms with E-state index in [1.54, 1.807) is 12.1 Å². The lowest BCUT2D eigenvalue weighted by Gasteiger charge is -2.23. The number of rotatable bonds is 2. The van der Waals surface area contributed by atoms with Crippen LogP contribution in [0.5, 0.6) is 0 Å². The third kappa shape index (κ3) is 2.11. The van der Waals surface area contributed by atoms with Crippen molar-refractivity contribution in [2.45, 2.75) is 12.0 Å². The Labute approximate surface area is 88.3 Å². The summed E-state index contributed by atoms with van der Waals surface area (Å²) in [6.45, 7) is 1.42. The van der Waals surface area contributed by atoms with E-state index >= 15 is 0 Å². The van der Waals surface area contributed by atoms with Crippen LogP contribution in [0.2, 0.25) is 0 Å². The first-order valence-corrected chi connectivity index (χ1v) is 5.03. The maximum atomic E-state index is 12.7. The molecule has 0 amide bonds. The number of hydrogen-bond donors (Lipinski definition) is 2. The third-order valence-electron chi connectivity index (χ3n) is 2.89. The molecule has 15 heavy (non-hydrogen) atoms. The van der Waals surface area contributed by atoms with Crippen molar-refractivity contribution in [3.8, 4) is 0 Å². The molecule has 0 saturated carbocycles. The van der Waals surface area contributed by atoms with Crippen LogP contribution in [-0.4, -0.2) is 30.3 Å². The fourth-order valence-electron chi connectivity index (χ4n) is 1.90. The average Bonchev–Trinajstić information content (AvgIpc) is 2.63. The molecule has 1 fully saturated rings. The summed E-state index contributed by atoms with van der Waals surface area (Å²) in [6.07, 6.45) is 0.765. The minimum Gasteiger partial charge on any atom is -0.394 e. The molecule has 0 aromatic heterocycles. The number of halogens is 1. The Kier molecular flexibility index (Phi) is 2.63. The first-order chi connectivity index (χ1) is 7.13. The number of benzene rings is 1. The number of hydrogen-bond acceptors (Lipinski definition) is 3. The van der Waals surface area contributed by atoms with Gasteiger partial charge in [0.2, 0.25) is 0 Å². The van der Waals surface area contributed by atoms with Crippen LogP contribution in [0.3, 0.4) is 0 Å². The summed E-state index contributed by atoms with van der Waals surface area (Å²) in [6, 6.07) is 6.34. The van der Waals surface area contributed by atoms with Gasteiger partial charge in [0.15, 0.2) is 0 Å². The summed E-state index contributed by atoms with van der Waals surface area (Å²) >= 11 is 0. The predicted molar refractivity (Wildman–Crippen MR) is 57.2 cm³/mol. The van der Waals surface area contributed by atoms with Gasteiger partial charge in [0.25, 0.3) is 0 Å². The van der Waals surface area contributed by atoms with Gasteiger partial charge in [0.05, 0.1) is 12.1 Å². The van der Waals surface area contributed by atoms with Crippen molar-refractivity contribution in [3.63, 3.8) is 0 Å². The molecule has 0 radical (unpaired) electrons. The number of anilines is 1. The lowest BCUT2D eigenvalue weighted by molar-refractivity contribution is 0.210. The van der Waals surface area contributed by atoms with Crippen molar-refractivity contribution in [2.75, 3.05) is 24.6 Å². The second kappa shape index (κ2) is 3.79. The topological polar surface area (TPSA) is 49.5 Å². The van der Waals surface area contributed by atoms with Crippen molar-refractivity contribution in [3.05, 3.63) is 30.1 Å². The average molecular weight is 210 g/mol. The standard InChI is InChI=1S/C11H15FN2O/c12-9-1-3-10(4-2-9)14-6-5-11(13,7-14)8-15/h1-4,15H,5-8,13H2. The van der Waals surface area contributed by atoms with Gasteiger partial charge in [-0.25, -0.2) is 4.39 Å². The molecular weight excluding hydrogens is 195 g/mol. The fourth-order valence-corrected chi connectivity index (χ4v) is 1.90. The Bertz CT molecular complexity index is 341. The molecule has 0 aliphatic carbocycles. The summed E-state index contributed by atoms with van der Waals surface area (Å²) in [7, 11) is 0. The SMILES string of the molecule is NC1(CO)CCN(c2ccc(F)cc2)C1. The molecule has 3 N–H and O–H groups in total. The van der Waals surface area contributed by atoms with Crippen LogP contribution in [0.25, 0.3) is 0 Å². The van der Waals surface area contributed by atoms with E-state index in [-0.39, 0.29) is 12.4 Å². The van der Waals surface area contributed by atoms with Gasteiger partial charge >= 0.3 is 0 Å². The maximum Gasteiger partial charge on any atom is 0.123 e. The van der Waals surface area contributed by atoms with E-state index in [4.69, 9.17) is 10.8 Å². The first-order valence-electron chi connectivity index (χ1n) is 5.03. The van der Waals surface area contributed by atoms with E-state index in [1.165, 1.54) is 12.1 Å². The van der Waals surface area contributed by atoms with Gasteiger partial charge in [0.1, 0.15) is 5.82 Å². The summed E-state index contributed by atoms with van der Waals surface area (Å²) in [5, 5.41) is 9.12. The summed E-state index contributed by atoms with van der Waals surface area (Å²) in [5.74, 6) is -0.237. The van der Waals surface area contributed by atoms with E-state index in [9.17, 15) is 4.39 Å².